The summed E-state index contributed by atoms with van der Waals surface area (Å²) in [5.41, 5.74) is 0.338. The van der Waals surface area contributed by atoms with E-state index in [1.54, 1.807) is 12.3 Å². The van der Waals surface area contributed by atoms with E-state index >= 15 is 0 Å². The molecule has 15 heavy (non-hydrogen) atoms. The number of alkyl halides is 1. The molecule has 80 valence electrons. The van der Waals surface area contributed by atoms with Gasteiger partial charge >= 0.3 is 5.97 Å². The van der Waals surface area contributed by atoms with Gasteiger partial charge in [0, 0.05) is 17.1 Å². The van der Waals surface area contributed by atoms with Crippen LogP contribution in [0.1, 0.15) is 28.8 Å². The summed E-state index contributed by atoms with van der Waals surface area (Å²) in [4.78, 5) is 15.3. The molecule has 0 aliphatic carbocycles. The molecule has 3 nitrogen and oxygen atoms in total. The normalized spacial score (nSPS) is 9.20. The number of esters is 1. The monoisotopic (exact) mass is 287 g/mol. The minimum Gasteiger partial charge on any atom is -0.461 e. The third kappa shape index (κ3) is 4.02. The maximum atomic E-state index is 11.3. The van der Waals surface area contributed by atoms with Crippen LogP contribution in [-0.2, 0) is 4.74 Å². The van der Waals surface area contributed by atoms with Crippen molar-refractivity contribution in [2.75, 3.05) is 11.9 Å². The number of carbonyl (C=O) groups is 1. The smallest absolute Gasteiger partial charge is 0.357 e. The van der Waals surface area contributed by atoms with Gasteiger partial charge in [0.1, 0.15) is 0 Å². The summed E-state index contributed by atoms with van der Waals surface area (Å²) in [6.45, 7) is 2.13. The van der Waals surface area contributed by atoms with Gasteiger partial charge in [-0.1, -0.05) is 21.9 Å². The van der Waals surface area contributed by atoms with Crippen molar-refractivity contribution in [3.8, 4) is 11.8 Å². The van der Waals surface area contributed by atoms with E-state index in [1.165, 1.54) is 11.3 Å². The molecule has 0 aliphatic heterocycles. The number of thiazole rings is 1. The Hall–Kier alpha value is -0.860. The number of halogens is 1. The van der Waals surface area contributed by atoms with Gasteiger partial charge in [0.2, 0.25) is 0 Å². The van der Waals surface area contributed by atoms with Crippen LogP contribution in [0.15, 0.2) is 5.38 Å². The average Bonchev–Trinajstić information content (AvgIpc) is 2.67. The number of carbonyl (C=O) groups excluding carboxylic acids is 1. The predicted octanol–water partition coefficient (Wildman–Crippen LogP) is 2.46. The predicted molar refractivity (Wildman–Crippen MR) is 63.4 cm³/mol. The molecule has 1 aromatic rings. The molecular weight excluding hydrogens is 278 g/mol. The number of rotatable bonds is 3. The second-order valence-electron chi connectivity index (χ2n) is 2.50. The Morgan fingerprint density at radius 3 is 3.20 bits per heavy atom. The van der Waals surface area contributed by atoms with Crippen molar-refractivity contribution in [3.05, 3.63) is 16.1 Å². The van der Waals surface area contributed by atoms with Crippen LogP contribution in [0.25, 0.3) is 0 Å². The Bertz CT molecular complexity index is 392. The lowest BCUT2D eigenvalue weighted by Crippen LogP contribution is -2.04. The van der Waals surface area contributed by atoms with Crippen molar-refractivity contribution in [2.24, 2.45) is 0 Å². The van der Waals surface area contributed by atoms with Gasteiger partial charge in [0.15, 0.2) is 10.7 Å². The van der Waals surface area contributed by atoms with Crippen LogP contribution in [-0.4, -0.2) is 22.9 Å². The number of hydrogen-bond donors (Lipinski definition) is 0. The highest BCUT2D eigenvalue weighted by molar-refractivity contribution is 9.09. The van der Waals surface area contributed by atoms with E-state index < -0.39 is 0 Å². The van der Waals surface area contributed by atoms with Crippen molar-refractivity contribution in [1.82, 2.24) is 4.98 Å². The Labute approximate surface area is 101 Å². The van der Waals surface area contributed by atoms with Crippen molar-refractivity contribution < 1.29 is 9.53 Å². The molecule has 0 atom stereocenters. The minimum atomic E-state index is -0.387. The fourth-order valence-corrected chi connectivity index (χ4v) is 1.67. The molecule has 0 fully saturated rings. The van der Waals surface area contributed by atoms with Crippen LogP contribution in [0.2, 0.25) is 0 Å². The summed E-state index contributed by atoms with van der Waals surface area (Å²) in [5.74, 6) is 5.43. The molecular formula is C10H10BrNO2S. The molecule has 0 unspecified atom stereocenters. The van der Waals surface area contributed by atoms with E-state index in [2.05, 4.69) is 32.8 Å². The molecule has 0 aromatic carbocycles. The first-order valence-corrected chi connectivity index (χ1v) is 6.45. The van der Waals surface area contributed by atoms with Gasteiger partial charge in [-0.3, -0.25) is 0 Å². The van der Waals surface area contributed by atoms with E-state index in [1.807, 2.05) is 0 Å². The zero-order chi connectivity index (χ0) is 11.1. The summed E-state index contributed by atoms with van der Waals surface area (Å²) in [7, 11) is 0. The highest BCUT2D eigenvalue weighted by atomic mass is 79.9. The molecule has 0 N–H and O–H groups in total. The molecule has 0 saturated heterocycles. The standard InChI is InChI=1S/C10H10BrNO2S/c1-2-14-10(13)8-7-15-9(12-8)5-3-4-6-11/h7H,2,4,6H2,1H3. The number of nitrogens with zero attached hydrogens (tertiary/aromatic N) is 1. The number of hydrogen-bond acceptors (Lipinski definition) is 4. The molecule has 1 rings (SSSR count). The first kappa shape index (κ1) is 12.2. The third-order valence-corrected chi connectivity index (χ3v) is 2.56. The molecule has 0 spiro atoms. The van der Waals surface area contributed by atoms with Crippen LogP contribution < -0.4 is 0 Å². The average molecular weight is 288 g/mol. The van der Waals surface area contributed by atoms with Gasteiger partial charge in [-0.25, -0.2) is 9.78 Å². The maximum absolute atomic E-state index is 11.3. The molecule has 0 saturated carbocycles. The lowest BCUT2D eigenvalue weighted by molar-refractivity contribution is 0.0520. The van der Waals surface area contributed by atoms with Crippen molar-refractivity contribution in [3.63, 3.8) is 0 Å². The van der Waals surface area contributed by atoms with Crippen molar-refractivity contribution >= 4 is 33.2 Å². The Morgan fingerprint density at radius 2 is 2.53 bits per heavy atom. The van der Waals surface area contributed by atoms with Gasteiger partial charge in [0.25, 0.3) is 0 Å². The highest BCUT2D eigenvalue weighted by Gasteiger charge is 2.09. The molecule has 0 amide bonds. The summed E-state index contributed by atoms with van der Waals surface area (Å²) >= 11 is 4.63. The van der Waals surface area contributed by atoms with E-state index in [9.17, 15) is 4.79 Å². The highest BCUT2D eigenvalue weighted by Crippen LogP contribution is 2.09. The lowest BCUT2D eigenvalue weighted by atomic mass is 10.4. The van der Waals surface area contributed by atoms with Gasteiger partial charge in [-0.05, 0) is 12.8 Å². The summed E-state index contributed by atoms with van der Waals surface area (Å²) < 4.78 is 4.82. The Morgan fingerprint density at radius 1 is 1.73 bits per heavy atom. The van der Waals surface area contributed by atoms with Gasteiger partial charge < -0.3 is 4.74 Å². The topological polar surface area (TPSA) is 39.2 Å². The SMILES string of the molecule is CCOC(=O)c1csc(C#CCCBr)n1. The van der Waals surface area contributed by atoms with Crippen LogP contribution >= 0.6 is 27.3 Å². The number of aromatic nitrogens is 1. The second kappa shape index (κ2) is 6.59. The first-order valence-electron chi connectivity index (χ1n) is 4.45. The summed E-state index contributed by atoms with van der Waals surface area (Å²) in [6, 6.07) is 0. The fourth-order valence-electron chi connectivity index (χ4n) is 0.815. The molecule has 0 aliphatic rings. The van der Waals surface area contributed by atoms with Crippen LogP contribution in [0.4, 0.5) is 0 Å². The zero-order valence-electron chi connectivity index (χ0n) is 8.25. The first-order chi connectivity index (χ1) is 7.27. The molecule has 0 bridgehead atoms. The van der Waals surface area contributed by atoms with Crippen molar-refractivity contribution in [2.45, 2.75) is 13.3 Å². The zero-order valence-corrected chi connectivity index (χ0v) is 10.7. The summed E-state index contributed by atoms with van der Waals surface area (Å²) in [5, 5.41) is 3.16. The largest absolute Gasteiger partial charge is 0.461 e. The maximum Gasteiger partial charge on any atom is 0.357 e. The molecule has 0 radical (unpaired) electrons. The van der Waals surface area contributed by atoms with E-state index in [0.717, 1.165) is 11.8 Å². The van der Waals surface area contributed by atoms with Crippen LogP contribution in [0, 0.1) is 11.8 Å². The van der Waals surface area contributed by atoms with Gasteiger partial charge in [-0.15, -0.1) is 11.3 Å². The summed E-state index contributed by atoms with van der Waals surface area (Å²) in [6.07, 6.45) is 0.772. The third-order valence-electron chi connectivity index (χ3n) is 1.40. The number of ether oxygens (including phenoxy) is 1. The van der Waals surface area contributed by atoms with Crippen LogP contribution in [0.3, 0.4) is 0 Å². The van der Waals surface area contributed by atoms with Crippen LogP contribution in [0.5, 0.6) is 0 Å². The molecule has 1 heterocycles. The van der Waals surface area contributed by atoms with E-state index in [4.69, 9.17) is 4.74 Å². The Kier molecular flexibility index (Phi) is 5.37. The van der Waals surface area contributed by atoms with Gasteiger partial charge in [-0.2, -0.15) is 0 Å². The second-order valence-corrected chi connectivity index (χ2v) is 4.15. The van der Waals surface area contributed by atoms with Crippen molar-refractivity contribution in [1.29, 1.82) is 0 Å². The fraction of sp³-hybridized carbons (Fsp3) is 0.400. The van der Waals surface area contributed by atoms with E-state index in [-0.39, 0.29) is 5.97 Å². The van der Waals surface area contributed by atoms with Gasteiger partial charge in [0.05, 0.1) is 6.61 Å². The quantitative estimate of drug-likeness (QED) is 0.487. The minimum absolute atomic E-state index is 0.338. The van der Waals surface area contributed by atoms with E-state index in [0.29, 0.717) is 17.3 Å². The molecule has 1 aromatic heterocycles. The lowest BCUT2D eigenvalue weighted by Gasteiger charge is -1.95. The molecule has 5 heteroatoms. The Balaban J connectivity index is 2.65.